The zero-order valence-corrected chi connectivity index (χ0v) is 10.9. The van der Waals surface area contributed by atoms with Gasteiger partial charge in [-0.15, -0.1) is 0 Å². The lowest BCUT2D eigenvalue weighted by Gasteiger charge is -2.08. The van der Waals surface area contributed by atoms with Gasteiger partial charge in [-0.1, -0.05) is 0 Å². The summed E-state index contributed by atoms with van der Waals surface area (Å²) in [6, 6.07) is 3.64. The molecule has 0 atom stereocenters. The Kier molecular flexibility index (Phi) is 5.09. The Bertz CT molecular complexity index is 570. The molecule has 0 radical (unpaired) electrons. The molecule has 0 aromatic heterocycles. The molecule has 0 saturated carbocycles. The topological polar surface area (TPSA) is 101 Å². The van der Waals surface area contributed by atoms with E-state index in [2.05, 4.69) is 10.5 Å². The zero-order chi connectivity index (χ0) is 15.4. The molecule has 1 aromatic rings. The summed E-state index contributed by atoms with van der Waals surface area (Å²) < 4.78 is 59.9. The number of carbonyl (C=O) groups excluding carboxylic acids is 1. The number of rotatable bonds is 5. The van der Waals surface area contributed by atoms with E-state index in [1.165, 1.54) is 0 Å². The highest BCUT2D eigenvalue weighted by Crippen LogP contribution is 2.28. The maximum atomic E-state index is 12.3. The second-order valence-corrected chi connectivity index (χ2v) is 5.15. The molecule has 1 aromatic carbocycles. The highest BCUT2D eigenvalue weighted by atomic mass is 32.2. The van der Waals surface area contributed by atoms with Crippen LogP contribution in [0.15, 0.2) is 24.3 Å². The molecule has 6 nitrogen and oxygen atoms in total. The van der Waals surface area contributed by atoms with E-state index in [0.717, 1.165) is 24.3 Å². The Morgan fingerprint density at radius 3 is 2.15 bits per heavy atom. The molecule has 0 aliphatic carbocycles. The molecule has 0 spiro atoms. The molecule has 1 rings (SSSR count). The normalized spacial score (nSPS) is 12.2. The second-order valence-electron chi connectivity index (χ2n) is 3.77. The van der Waals surface area contributed by atoms with Crippen molar-refractivity contribution in [2.24, 2.45) is 5.14 Å². The van der Waals surface area contributed by atoms with E-state index in [1.807, 2.05) is 4.72 Å². The zero-order valence-electron chi connectivity index (χ0n) is 10.1. The molecule has 0 heterocycles. The van der Waals surface area contributed by atoms with Crippen LogP contribution in [0.1, 0.15) is 15.9 Å². The SMILES string of the molecule is NS(=O)(=O)NCCNC(=O)c1ccc(C(F)(F)F)cc1. The molecule has 20 heavy (non-hydrogen) atoms. The summed E-state index contributed by atoms with van der Waals surface area (Å²) in [6.45, 7) is -0.165. The van der Waals surface area contributed by atoms with Crippen LogP contribution in [0.5, 0.6) is 0 Å². The summed E-state index contributed by atoms with van der Waals surface area (Å²) in [5, 5.41) is 6.99. The van der Waals surface area contributed by atoms with Crippen LogP contribution in [0.2, 0.25) is 0 Å². The summed E-state index contributed by atoms with van der Waals surface area (Å²) in [4.78, 5) is 11.5. The van der Waals surface area contributed by atoms with E-state index in [4.69, 9.17) is 0 Å². The van der Waals surface area contributed by atoms with Crippen LogP contribution >= 0.6 is 0 Å². The lowest BCUT2D eigenvalue weighted by atomic mass is 10.1. The molecular formula is C10H12F3N3O3S. The molecule has 112 valence electrons. The van der Waals surface area contributed by atoms with Gasteiger partial charge in [0.25, 0.3) is 16.1 Å². The summed E-state index contributed by atoms with van der Waals surface area (Å²) in [5.41, 5.74) is -0.821. The molecule has 4 N–H and O–H groups in total. The quantitative estimate of drug-likeness (QED) is 0.678. The van der Waals surface area contributed by atoms with Gasteiger partial charge < -0.3 is 5.32 Å². The summed E-state index contributed by atoms with van der Waals surface area (Å²) in [6.07, 6.45) is -4.46. The van der Waals surface area contributed by atoms with E-state index >= 15 is 0 Å². The molecule has 0 fully saturated rings. The first kappa shape index (κ1) is 16.4. The van der Waals surface area contributed by atoms with E-state index in [1.54, 1.807) is 0 Å². The van der Waals surface area contributed by atoms with Crippen molar-refractivity contribution in [3.63, 3.8) is 0 Å². The van der Waals surface area contributed by atoms with Crippen LogP contribution in [0.3, 0.4) is 0 Å². The Morgan fingerprint density at radius 1 is 1.15 bits per heavy atom. The summed E-state index contributed by atoms with van der Waals surface area (Å²) >= 11 is 0. The lowest BCUT2D eigenvalue weighted by Crippen LogP contribution is -2.37. The average Bonchev–Trinajstić information content (AvgIpc) is 2.32. The van der Waals surface area contributed by atoms with Gasteiger partial charge in [-0.3, -0.25) is 4.79 Å². The lowest BCUT2D eigenvalue weighted by molar-refractivity contribution is -0.137. The number of benzene rings is 1. The summed E-state index contributed by atoms with van der Waals surface area (Å²) in [7, 11) is -3.83. The molecule has 0 aliphatic rings. The maximum Gasteiger partial charge on any atom is 0.416 e. The Hall–Kier alpha value is -1.65. The van der Waals surface area contributed by atoms with Crippen molar-refractivity contribution >= 4 is 16.1 Å². The van der Waals surface area contributed by atoms with Gasteiger partial charge in [-0.05, 0) is 24.3 Å². The molecule has 0 bridgehead atoms. The Balaban J connectivity index is 2.52. The fourth-order valence-corrected chi connectivity index (χ4v) is 1.67. The number of nitrogens with one attached hydrogen (secondary N) is 2. The van der Waals surface area contributed by atoms with Gasteiger partial charge in [0.05, 0.1) is 5.56 Å². The minimum atomic E-state index is -4.46. The van der Waals surface area contributed by atoms with Gasteiger partial charge in [0, 0.05) is 18.7 Å². The van der Waals surface area contributed by atoms with Gasteiger partial charge in [0.15, 0.2) is 0 Å². The van der Waals surface area contributed by atoms with Crippen LogP contribution in [-0.4, -0.2) is 27.4 Å². The average molecular weight is 311 g/mol. The van der Waals surface area contributed by atoms with Crippen molar-refractivity contribution in [1.29, 1.82) is 0 Å². The van der Waals surface area contributed by atoms with Gasteiger partial charge >= 0.3 is 6.18 Å². The Morgan fingerprint density at radius 2 is 1.70 bits per heavy atom. The van der Waals surface area contributed by atoms with Crippen LogP contribution in [0.4, 0.5) is 13.2 Å². The number of alkyl halides is 3. The predicted molar refractivity (Wildman–Crippen MR) is 64.9 cm³/mol. The monoisotopic (exact) mass is 311 g/mol. The van der Waals surface area contributed by atoms with Crippen LogP contribution in [0, 0.1) is 0 Å². The number of halogens is 3. The van der Waals surface area contributed by atoms with Gasteiger partial charge in [-0.2, -0.15) is 21.6 Å². The highest BCUT2D eigenvalue weighted by Gasteiger charge is 2.30. The molecule has 0 unspecified atom stereocenters. The first-order chi connectivity index (χ1) is 9.09. The smallest absolute Gasteiger partial charge is 0.351 e. The molecular weight excluding hydrogens is 299 g/mol. The van der Waals surface area contributed by atoms with Crippen LogP contribution in [-0.2, 0) is 16.4 Å². The molecule has 10 heteroatoms. The van der Waals surface area contributed by atoms with Gasteiger partial charge in [0.1, 0.15) is 0 Å². The van der Waals surface area contributed by atoms with Crippen LogP contribution < -0.4 is 15.2 Å². The first-order valence-electron chi connectivity index (χ1n) is 5.32. The van der Waals surface area contributed by atoms with Crippen molar-refractivity contribution in [3.8, 4) is 0 Å². The van der Waals surface area contributed by atoms with E-state index < -0.39 is 27.9 Å². The largest absolute Gasteiger partial charge is 0.416 e. The maximum absolute atomic E-state index is 12.3. The fraction of sp³-hybridized carbons (Fsp3) is 0.300. The third-order valence-electron chi connectivity index (χ3n) is 2.19. The van der Waals surface area contributed by atoms with Crippen molar-refractivity contribution < 1.29 is 26.4 Å². The van der Waals surface area contributed by atoms with Crippen molar-refractivity contribution in [2.45, 2.75) is 6.18 Å². The van der Waals surface area contributed by atoms with Crippen molar-refractivity contribution in [1.82, 2.24) is 10.0 Å². The third kappa shape index (κ3) is 5.55. The number of hydrogen-bond donors (Lipinski definition) is 3. The summed E-state index contributed by atoms with van der Waals surface area (Å²) in [5.74, 6) is -0.616. The number of hydrogen-bond acceptors (Lipinski definition) is 3. The van der Waals surface area contributed by atoms with Gasteiger partial charge in [0.2, 0.25) is 0 Å². The van der Waals surface area contributed by atoms with Gasteiger partial charge in [-0.25, -0.2) is 9.86 Å². The standard InChI is InChI=1S/C10H12F3N3O3S/c11-10(12,13)8-3-1-7(2-4-8)9(17)15-5-6-16-20(14,18)19/h1-4,16H,5-6H2,(H,15,17)(H2,14,18,19). The highest BCUT2D eigenvalue weighted by molar-refractivity contribution is 7.87. The minimum Gasteiger partial charge on any atom is -0.351 e. The third-order valence-corrected chi connectivity index (χ3v) is 2.79. The van der Waals surface area contributed by atoms with Crippen LogP contribution in [0.25, 0.3) is 0 Å². The first-order valence-corrected chi connectivity index (χ1v) is 6.87. The number of carbonyl (C=O) groups is 1. The van der Waals surface area contributed by atoms with Crippen molar-refractivity contribution in [3.05, 3.63) is 35.4 Å². The Labute approximate surface area is 113 Å². The molecule has 0 aliphatic heterocycles. The second kappa shape index (κ2) is 6.20. The van der Waals surface area contributed by atoms with E-state index in [0.29, 0.717) is 0 Å². The van der Waals surface area contributed by atoms with Crippen molar-refractivity contribution in [2.75, 3.05) is 13.1 Å². The predicted octanol–water partition coefficient (Wildman–Crippen LogP) is 0.228. The van der Waals surface area contributed by atoms with E-state index in [9.17, 15) is 26.4 Å². The van der Waals surface area contributed by atoms with E-state index in [-0.39, 0.29) is 18.7 Å². The molecule has 1 amide bonds. The molecule has 0 saturated heterocycles. The fourth-order valence-electron chi connectivity index (χ4n) is 1.28. The number of nitrogens with two attached hydrogens (primary N) is 1. The number of amides is 1. The minimum absolute atomic E-state index is 0.0357.